The molecule has 1 aromatic carbocycles. The Kier molecular flexibility index (Phi) is 13.1. The molecule has 0 saturated carbocycles. The number of nitrogens with zero attached hydrogens (tertiary/aromatic N) is 5. The summed E-state index contributed by atoms with van der Waals surface area (Å²) in [6.45, 7) is 5.26. The van der Waals surface area contributed by atoms with Gasteiger partial charge in [-0.25, -0.2) is 9.13 Å². The Bertz CT molecular complexity index is 743. The molecular weight excluding hydrogens is 479 g/mol. The molecule has 0 saturated heterocycles. The van der Waals surface area contributed by atoms with Gasteiger partial charge in [-0.3, -0.25) is 0 Å². The van der Waals surface area contributed by atoms with Crippen LogP contribution < -0.4 is 26.3 Å². The Morgan fingerprint density at radius 3 is 2.76 bits per heavy atom. The average Bonchev–Trinajstić information content (AvgIpc) is 3.04. The minimum Gasteiger partial charge on any atom is -0.382 e. The number of imidazole rings is 1. The lowest BCUT2D eigenvalue weighted by Gasteiger charge is -2.28. The van der Waals surface area contributed by atoms with E-state index < -0.39 is 0 Å². The molecule has 0 spiro atoms. The molecule has 0 amide bonds. The van der Waals surface area contributed by atoms with Crippen molar-refractivity contribution in [1.29, 1.82) is 0 Å². The van der Waals surface area contributed by atoms with E-state index in [-0.39, 0.29) is 41.8 Å². The summed E-state index contributed by atoms with van der Waals surface area (Å²) >= 11 is 0. The number of nitrogens with two attached hydrogens (primary N) is 1. The van der Waals surface area contributed by atoms with Crippen LogP contribution in [0.25, 0.3) is 0 Å². The van der Waals surface area contributed by atoms with E-state index in [2.05, 4.69) is 66.9 Å². The SMILES string of the molecule is Br.CN1CCNc2cc(N=Nc3n(CCCN)cc[n+]3CCC[NH3+])ccc21.Cl.Cl. The summed E-state index contributed by atoms with van der Waals surface area (Å²) in [6.07, 6.45) is 6.05. The van der Waals surface area contributed by atoms with Crippen molar-refractivity contribution in [1.82, 2.24) is 4.57 Å². The minimum atomic E-state index is 0. The van der Waals surface area contributed by atoms with Crippen LogP contribution in [-0.4, -0.2) is 37.8 Å². The van der Waals surface area contributed by atoms with Crippen LogP contribution in [0.15, 0.2) is 40.8 Å². The standard InChI is InChI=1S/C18H29N8.BrH.2ClH/c1-24-11-8-21-16-14-15(4-5-17(16)24)22-23-18-25(9-2-6-19)12-13-26(18)10-3-7-20;;;/h4-5,12-14,21H,2-3,6-11,19-20H2,1H3;3*1H/q+1;;;/p+1. The van der Waals surface area contributed by atoms with Crippen molar-refractivity contribution in [3.8, 4) is 0 Å². The van der Waals surface area contributed by atoms with Crippen LogP contribution in [0.2, 0.25) is 0 Å². The van der Waals surface area contributed by atoms with E-state index in [0.29, 0.717) is 6.54 Å². The predicted octanol–water partition coefficient (Wildman–Crippen LogP) is 2.46. The van der Waals surface area contributed by atoms with Gasteiger partial charge in [-0.1, -0.05) is 5.11 Å². The molecule has 0 radical (unpaired) electrons. The highest BCUT2D eigenvalue weighted by atomic mass is 79.9. The van der Waals surface area contributed by atoms with Crippen molar-refractivity contribution in [2.75, 3.05) is 43.4 Å². The molecule has 3 rings (SSSR count). The van der Waals surface area contributed by atoms with E-state index in [4.69, 9.17) is 5.73 Å². The molecular formula is C18H33BrCl2N8+2. The highest BCUT2D eigenvalue weighted by Gasteiger charge is 2.18. The zero-order chi connectivity index (χ0) is 18.4. The van der Waals surface area contributed by atoms with Crippen LogP contribution in [0.4, 0.5) is 23.0 Å². The van der Waals surface area contributed by atoms with Crippen LogP contribution >= 0.6 is 41.8 Å². The average molecular weight is 512 g/mol. The van der Waals surface area contributed by atoms with Gasteiger partial charge in [-0.2, -0.15) is 0 Å². The number of azo groups is 1. The third-order valence-electron chi connectivity index (χ3n) is 4.60. The number of aryl methyl sites for hydroxylation is 2. The maximum Gasteiger partial charge on any atom is 0.421 e. The number of hydrogen-bond donors (Lipinski definition) is 3. The molecule has 8 nitrogen and oxygen atoms in total. The van der Waals surface area contributed by atoms with E-state index in [0.717, 1.165) is 62.9 Å². The van der Waals surface area contributed by atoms with Gasteiger partial charge in [0.25, 0.3) is 0 Å². The predicted molar refractivity (Wildman–Crippen MR) is 128 cm³/mol. The fourth-order valence-corrected chi connectivity index (χ4v) is 3.11. The molecule has 29 heavy (non-hydrogen) atoms. The van der Waals surface area contributed by atoms with E-state index in [9.17, 15) is 0 Å². The second-order valence-corrected chi connectivity index (χ2v) is 6.58. The van der Waals surface area contributed by atoms with Gasteiger partial charge in [0, 0.05) is 31.7 Å². The summed E-state index contributed by atoms with van der Waals surface area (Å²) in [5, 5.41) is 12.5. The van der Waals surface area contributed by atoms with Gasteiger partial charge < -0.3 is 21.7 Å². The fraction of sp³-hybridized carbons (Fsp3) is 0.500. The summed E-state index contributed by atoms with van der Waals surface area (Å²) in [5.74, 6) is 0.856. The van der Waals surface area contributed by atoms with Gasteiger partial charge >= 0.3 is 5.95 Å². The summed E-state index contributed by atoms with van der Waals surface area (Å²) < 4.78 is 4.25. The van der Waals surface area contributed by atoms with Crippen LogP contribution in [-0.2, 0) is 13.1 Å². The van der Waals surface area contributed by atoms with Crippen molar-refractivity contribution in [2.24, 2.45) is 16.0 Å². The summed E-state index contributed by atoms with van der Waals surface area (Å²) in [5.41, 5.74) is 12.7. The number of benzene rings is 1. The molecule has 164 valence electrons. The number of hydrogen-bond acceptors (Lipinski definition) is 5. The molecule has 2 aromatic rings. The van der Waals surface area contributed by atoms with Gasteiger partial charge in [0.05, 0.1) is 43.4 Å². The summed E-state index contributed by atoms with van der Waals surface area (Å²) in [4.78, 5) is 2.25. The number of rotatable bonds is 8. The van der Waals surface area contributed by atoms with Gasteiger partial charge in [0.1, 0.15) is 5.69 Å². The number of aromatic nitrogens is 2. The highest BCUT2D eigenvalue weighted by Crippen LogP contribution is 2.32. The molecule has 0 atom stereocenters. The van der Waals surface area contributed by atoms with E-state index >= 15 is 0 Å². The Morgan fingerprint density at radius 2 is 2.03 bits per heavy atom. The smallest absolute Gasteiger partial charge is 0.382 e. The maximum absolute atomic E-state index is 5.66. The van der Waals surface area contributed by atoms with Gasteiger partial charge in [0.15, 0.2) is 0 Å². The molecule has 1 aromatic heterocycles. The number of fused-ring (bicyclic) bond motifs is 1. The number of anilines is 2. The lowest BCUT2D eigenvalue weighted by atomic mass is 10.2. The molecule has 0 bridgehead atoms. The first-order valence-corrected chi connectivity index (χ1v) is 9.31. The Morgan fingerprint density at radius 1 is 1.24 bits per heavy atom. The normalized spacial score (nSPS) is 12.4. The van der Waals surface area contributed by atoms with Crippen LogP contribution in [0, 0.1) is 0 Å². The Balaban J connectivity index is 0.00000261. The second kappa shape index (κ2) is 13.8. The largest absolute Gasteiger partial charge is 0.421 e. The Labute approximate surface area is 195 Å². The van der Waals surface area contributed by atoms with Crippen LogP contribution in [0.3, 0.4) is 0 Å². The van der Waals surface area contributed by atoms with Gasteiger partial charge in [-0.05, 0) is 31.2 Å². The van der Waals surface area contributed by atoms with Crippen molar-refractivity contribution < 1.29 is 10.3 Å². The summed E-state index contributed by atoms with van der Waals surface area (Å²) in [7, 11) is 2.11. The number of halogens is 3. The van der Waals surface area contributed by atoms with Gasteiger partial charge in [0.2, 0.25) is 0 Å². The first kappa shape index (κ1) is 27.6. The summed E-state index contributed by atoms with van der Waals surface area (Å²) in [6, 6.07) is 6.17. The second-order valence-electron chi connectivity index (χ2n) is 6.58. The Hall–Kier alpha value is -1.39. The third-order valence-corrected chi connectivity index (χ3v) is 4.60. The first-order valence-electron chi connectivity index (χ1n) is 9.31. The highest BCUT2D eigenvalue weighted by molar-refractivity contribution is 8.93. The molecule has 6 N–H and O–H groups in total. The third kappa shape index (κ3) is 7.11. The molecule has 0 unspecified atom stereocenters. The van der Waals surface area contributed by atoms with E-state index in [1.165, 1.54) is 5.69 Å². The monoisotopic (exact) mass is 510 g/mol. The quantitative estimate of drug-likeness (QED) is 0.374. The molecule has 0 fully saturated rings. The fourth-order valence-electron chi connectivity index (χ4n) is 3.11. The lowest BCUT2D eigenvalue weighted by Crippen LogP contribution is -2.51. The van der Waals surface area contributed by atoms with Crippen molar-refractivity contribution in [3.63, 3.8) is 0 Å². The van der Waals surface area contributed by atoms with E-state index in [1.54, 1.807) is 0 Å². The zero-order valence-corrected chi connectivity index (χ0v) is 20.1. The van der Waals surface area contributed by atoms with Crippen LogP contribution in [0.5, 0.6) is 0 Å². The zero-order valence-electron chi connectivity index (χ0n) is 16.8. The van der Waals surface area contributed by atoms with Gasteiger partial charge in [-0.15, -0.1) is 41.8 Å². The molecule has 11 heteroatoms. The first-order chi connectivity index (χ1) is 12.7. The van der Waals surface area contributed by atoms with Crippen LogP contribution in [0.1, 0.15) is 12.8 Å². The minimum absolute atomic E-state index is 0. The maximum atomic E-state index is 5.66. The van der Waals surface area contributed by atoms with E-state index in [1.807, 2.05) is 6.07 Å². The topological polar surface area (TPSA) is 102 Å². The molecule has 1 aliphatic rings. The molecule has 1 aliphatic heterocycles. The number of nitrogens with one attached hydrogen (secondary N) is 1. The number of likely N-dealkylation sites (N-methyl/N-ethyl adjacent to an activating group) is 1. The van der Waals surface area contributed by atoms with Crippen molar-refractivity contribution in [3.05, 3.63) is 30.6 Å². The lowest BCUT2D eigenvalue weighted by molar-refractivity contribution is -0.686. The molecule has 2 heterocycles. The van der Waals surface area contributed by atoms with Crippen molar-refractivity contribution in [2.45, 2.75) is 25.9 Å². The van der Waals surface area contributed by atoms with Crippen molar-refractivity contribution >= 4 is 64.8 Å². The molecule has 0 aliphatic carbocycles. The number of quaternary nitrogens is 1.